The first-order valence-electron chi connectivity index (χ1n) is 4.91. The number of primary amides is 1. The van der Waals surface area contributed by atoms with Gasteiger partial charge in [-0.3, -0.25) is 14.4 Å². The van der Waals surface area contributed by atoms with Crippen LogP contribution in [0.25, 0.3) is 0 Å². The number of hydrogen-bond acceptors (Lipinski definition) is 4. The van der Waals surface area contributed by atoms with Gasteiger partial charge in [-0.25, -0.2) is 0 Å². The molecule has 3 amide bonds. The molecular weight excluding hydrogens is 248 g/mol. The molecule has 0 aromatic carbocycles. The van der Waals surface area contributed by atoms with Crippen LogP contribution < -0.4 is 22.1 Å². The molecule has 0 rings (SSSR count). The van der Waals surface area contributed by atoms with Crippen LogP contribution in [0.1, 0.15) is 20.8 Å². The fraction of sp³-hybridized carbons (Fsp3) is 0.667. The Morgan fingerprint density at radius 2 is 1.35 bits per heavy atom. The first kappa shape index (κ1) is 18.0. The summed E-state index contributed by atoms with van der Waals surface area (Å²) in [5.74, 6) is -1.56. The van der Waals surface area contributed by atoms with Crippen molar-refractivity contribution >= 4 is 30.1 Å². The highest BCUT2D eigenvalue weighted by Crippen LogP contribution is 1.87. The standard InChI is InChI=1S/C9H18N4O3.ClH/c1-4(10)8(15)13-6(3)9(16)12-5(2)7(11)14;/h4-6H,10H2,1-3H3,(H2,11,14)(H,12,16)(H,13,15);1H/t4-,5-,6-;/m0./s1. The Balaban J connectivity index is 0. The molecular formula is C9H19ClN4O3. The van der Waals surface area contributed by atoms with E-state index >= 15 is 0 Å². The lowest BCUT2D eigenvalue weighted by atomic mass is 10.2. The van der Waals surface area contributed by atoms with Gasteiger partial charge in [-0.15, -0.1) is 12.4 Å². The number of nitrogens with one attached hydrogen (secondary N) is 2. The van der Waals surface area contributed by atoms with Gasteiger partial charge in [0.2, 0.25) is 17.7 Å². The number of amides is 3. The van der Waals surface area contributed by atoms with E-state index in [0.717, 1.165) is 0 Å². The molecule has 0 aromatic rings. The van der Waals surface area contributed by atoms with Gasteiger partial charge < -0.3 is 22.1 Å². The molecule has 0 radical (unpaired) electrons. The monoisotopic (exact) mass is 266 g/mol. The molecule has 0 fully saturated rings. The van der Waals surface area contributed by atoms with E-state index in [9.17, 15) is 14.4 Å². The Kier molecular flexibility index (Phi) is 8.34. The maximum atomic E-state index is 11.4. The Hall–Kier alpha value is -1.34. The minimum Gasteiger partial charge on any atom is -0.368 e. The second-order valence-corrected chi connectivity index (χ2v) is 3.65. The minimum atomic E-state index is -0.776. The van der Waals surface area contributed by atoms with Gasteiger partial charge in [0.15, 0.2) is 0 Å². The topological polar surface area (TPSA) is 127 Å². The van der Waals surface area contributed by atoms with Crippen molar-refractivity contribution in [3.05, 3.63) is 0 Å². The summed E-state index contributed by atoms with van der Waals surface area (Å²) < 4.78 is 0. The predicted molar refractivity (Wildman–Crippen MR) is 65.3 cm³/mol. The van der Waals surface area contributed by atoms with Crippen LogP contribution in [0.4, 0.5) is 0 Å². The fourth-order valence-corrected chi connectivity index (χ4v) is 0.820. The highest BCUT2D eigenvalue weighted by Gasteiger charge is 2.20. The van der Waals surface area contributed by atoms with Crippen LogP contribution in [0.5, 0.6) is 0 Å². The lowest BCUT2D eigenvalue weighted by Crippen LogP contribution is -2.53. The van der Waals surface area contributed by atoms with Crippen molar-refractivity contribution in [2.24, 2.45) is 11.5 Å². The molecule has 0 unspecified atom stereocenters. The number of hydrogen-bond donors (Lipinski definition) is 4. The fourth-order valence-electron chi connectivity index (χ4n) is 0.820. The molecule has 0 heterocycles. The summed E-state index contributed by atoms with van der Waals surface area (Å²) in [6, 6.07) is -2.23. The van der Waals surface area contributed by atoms with Gasteiger partial charge in [0.1, 0.15) is 12.1 Å². The smallest absolute Gasteiger partial charge is 0.242 e. The molecule has 7 nitrogen and oxygen atoms in total. The Bertz CT molecular complexity index is 296. The number of carbonyl (C=O) groups excluding carboxylic acids is 3. The van der Waals surface area contributed by atoms with E-state index in [-0.39, 0.29) is 12.4 Å². The van der Waals surface area contributed by atoms with E-state index in [1.165, 1.54) is 20.8 Å². The van der Waals surface area contributed by atoms with Gasteiger partial charge in [0.25, 0.3) is 0 Å². The maximum absolute atomic E-state index is 11.4. The van der Waals surface area contributed by atoms with Gasteiger partial charge >= 0.3 is 0 Å². The number of rotatable bonds is 5. The van der Waals surface area contributed by atoms with Crippen LogP contribution in [0, 0.1) is 0 Å². The van der Waals surface area contributed by atoms with E-state index in [2.05, 4.69) is 10.6 Å². The van der Waals surface area contributed by atoms with Gasteiger partial charge in [0.05, 0.1) is 6.04 Å². The maximum Gasteiger partial charge on any atom is 0.242 e. The summed E-state index contributed by atoms with van der Waals surface area (Å²) in [5.41, 5.74) is 10.3. The lowest BCUT2D eigenvalue weighted by molar-refractivity contribution is -0.131. The molecule has 100 valence electrons. The van der Waals surface area contributed by atoms with E-state index in [4.69, 9.17) is 11.5 Å². The van der Waals surface area contributed by atoms with Gasteiger partial charge in [-0.05, 0) is 20.8 Å². The van der Waals surface area contributed by atoms with Crippen molar-refractivity contribution in [3.63, 3.8) is 0 Å². The van der Waals surface area contributed by atoms with Crippen LogP contribution in [0.15, 0.2) is 0 Å². The van der Waals surface area contributed by atoms with Gasteiger partial charge in [-0.2, -0.15) is 0 Å². The van der Waals surface area contributed by atoms with Crippen molar-refractivity contribution in [1.29, 1.82) is 0 Å². The van der Waals surface area contributed by atoms with E-state index in [0.29, 0.717) is 0 Å². The third-order valence-electron chi connectivity index (χ3n) is 1.95. The molecule has 3 atom stereocenters. The van der Waals surface area contributed by atoms with Gasteiger partial charge in [0, 0.05) is 0 Å². The van der Waals surface area contributed by atoms with Crippen molar-refractivity contribution in [2.45, 2.75) is 38.9 Å². The van der Waals surface area contributed by atoms with Crippen molar-refractivity contribution in [2.75, 3.05) is 0 Å². The van der Waals surface area contributed by atoms with Crippen LogP contribution in [-0.4, -0.2) is 35.8 Å². The molecule has 6 N–H and O–H groups in total. The summed E-state index contributed by atoms with van der Waals surface area (Å²) in [4.78, 5) is 33.3. The summed E-state index contributed by atoms with van der Waals surface area (Å²) >= 11 is 0. The second-order valence-electron chi connectivity index (χ2n) is 3.65. The first-order chi connectivity index (χ1) is 7.25. The summed E-state index contributed by atoms with van der Waals surface area (Å²) in [5, 5.41) is 4.75. The Labute approximate surface area is 106 Å². The zero-order valence-electron chi connectivity index (χ0n) is 10.0. The molecule has 0 aliphatic heterocycles. The highest BCUT2D eigenvalue weighted by molar-refractivity contribution is 5.92. The zero-order valence-corrected chi connectivity index (χ0v) is 10.8. The molecule has 0 saturated heterocycles. The largest absolute Gasteiger partial charge is 0.368 e. The van der Waals surface area contributed by atoms with Crippen LogP contribution in [0.2, 0.25) is 0 Å². The molecule has 0 aliphatic carbocycles. The van der Waals surface area contributed by atoms with Crippen LogP contribution >= 0.6 is 12.4 Å². The minimum absolute atomic E-state index is 0. The number of halogens is 1. The van der Waals surface area contributed by atoms with Crippen LogP contribution in [0.3, 0.4) is 0 Å². The average molecular weight is 267 g/mol. The quantitative estimate of drug-likeness (QED) is 0.470. The molecule has 8 heteroatoms. The molecule has 0 aromatic heterocycles. The third-order valence-corrected chi connectivity index (χ3v) is 1.95. The van der Waals surface area contributed by atoms with Crippen molar-refractivity contribution in [1.82, 2.24) is 10.6 Å². The molecule has 0 aliphatic rings. The zero-order chi connectivity index (χ0) is 12.9. The summed E-state index contributed by atoms with van der Waals surface area (Å²) in [6.07, 6.45) is 0. The van der Waals surface area contributed by atoms with Crippen molar-refractivity contribution < 1.29 is 14.4 Å². The van der Waals surface area contributed by atoms with Crippen LogP contribution in [-0.2, 0) is 14.4 Å². The van der Waals surface area contributed by atoms with E-state index < -0.39 is 35.8 Å². The van der Waals surface area contributed by atoms with Gasteiger partial charge in [-0.1, -0.05) is 0 Å². The highest BCUT2D eigenvalue weighted by atomic mass is 35.5. The molecule has 0 spiro atoms. The first-order valence-corrected chi connectivity index (χ1v) is 4.91. The lowest BCUT2D eigenvalue weighted by Gasteiger charge is -2.17. The Morgan fingerprint density at radius 1 is 0.941 bits per heavy atom. The molecule has 17 heavy (non-hydrogen) atoms. The molecule has 0 bridgehead atoms. The molecule has 0 saturated carbocycles. The normalized spacial score (nSPS) is 14.8. The second kappa shape index (κ2) is 7.86. The summed E-state index contributed by atoms with van der Waals surface area (Å²) in [6.45, 7) is 4.45. The van der Waals surface area contributed by atoms with E-state index in [1.807, 2.05) is 0 Å². The predicted octanol–water partition coefficient (Wildman–Crippen LogP) is -1.75. The summed E-state index contributed by atoms with van der Waals surface area (Å²) in [7, 11) is 0. The van der Waals surface area contributed by atoms with E-state index in [1.54, 1.807) is 0 Å². The SMILES string of the molecule is C[C@H](N)C(=O)N[C@@H](C)C(=O)N[C@@H](C)C(N)=O.Cl. The Morgan fingerprint density at radius 3 is 1.71 bits per heavy atom. The third kappa shape index (κ3) is 6.75. The van der Waals surface area contributed by atoms with Crippen molar-refractivity contribution in [3.8, 4) is 0 Å². The average Bonchev–Trinajstić information content (AvgIpc) is 2.16. The number of carbonyl (C=O) groups is 3. The number of nitrogens with two attached hydrogens (primary N) is 2.